The second-order valence-electron chi connectivity index (χ2n) is 13.2. The van der Waals surface area contributed by atoms with Crippen LogP contribution < -0.4 is 15.0 Å². The number of anilines is 1. The number of ether oxygens (including phenoxy) is 3. The fourth-order valence-corrected chi connectivity index (χ4v) is 6.29. The summed E-state index contributed by atoms with van der Waals surface area (Å²) in [6.45, 7) is 7.36. The third kappa shape index (κ3) is 7.56. The zero-order valence-electron chi connectivity index (χ0n) is 26.8. The average molecular weight is 658 g/mol. The van der Waals surface area contributed by atoms with Crippen LogP contribution in [0.5, 0.6) is 5.88 Å². The number of aromatic nitrogens is 4. The Labute approximate surface area is 271 Å². The fourth-order valence-electron chi connectivity index (χ4n) is 6.29. The number of carbonyl (C=O) groups is 2. The molecule has 2 amide bonds. The van der Waals surface area contributed by atoms with Crippen molar-refractivity contribution in [3.63, 3.8) is 0 Å². The normalized spacial score (nSPS) is 23.7. The van der Waals surface area contributed by atoms with E-state index in [1.165, 1.54) is 9.47 Å². The van der Waals surface area contributed by atoms with E-state index in [1.54, 1.807) is 51.1 Å². The number of nitrogens with zero attached hydrogens (tertiary/aromatic N) is 6. The van der Waals surface area contributed by atoms with E-state index in [-0.39, 0.29) is 42.7 Å². The molecule has 254 valence electrons. The number of hydrogen-bond acceptors (Lipinski definition) is 10. The van der Waals surface area contributed by atoms with Gasteiger partial charge in [0.1, 0.15) is 23.6 Å². The molecule has 3 aliphatic rings. The summed E-state index contributed by atoms with van der Waals surface area (Å²) in [5.41, 5.74) is 0.199. The lowest BCUT2D eigenvalue weighted by Crippen LogP contribution is -2.50. The highest BCUT2D eigenvalue weighted by atomic mass is 19.3. The summed E-state index contributed by atoms with van der Waals surface area (Å²) in [5, 5.41) is 13.3. The smallest absolute Gasteiger partial charge is 0.411 e. The van der Waals surface area contributed by atoms with Crippen molar-refractivity contribution in [2.45, 2.75) is 89.2 Å². The molecular formula is C32H41F2N7O6. The number of β-amino-alcohol motifs (C(OH)–C–C–N with tert-alkyl or cyclic N) is 1. The van der Waals surface area contributed by atoms with Gasteiger partial charge in [0.05, 0.1) is 36.9 Å². The zero-order valence-corrected chi connectivity index (χ0v) is 26.8. The fraction of sp³-hybridized carbons (Fsp3) is 0.594. The first-order valence-electron chi connectivity index (χ1n) is 16.1. The van der Waals surface area contributed by atoms with Gasteiger partial charge >= 0.3 is 6.09 Å². The van der Waals surface area contributed by atoms with Gasteiger partial charge in [-0.1, -0.05) is 12.1 Å². The van der Waals surface area contributed by atoms with Gasteiger partial charge in [-0.3, -0.25) is 14.3 Å². The number of halogens is 2. The highest BCUT2D eigenvalue weighted by Gasteiger charge is 2.41. The average Bonchev–Trinajstić information content (AvgIpc) is 3.63. The number of alkyl halides is 2. The minimum atomic E-state index is -2.83. The molecule has 0 bridgehead atoms. The Morgan fingerprint density at radius 1 is 1.06 bits per heavy atom. The minimum absolute atomic E-state index is 0.0363. The molecule has 1 aromatic carbocycles. The number of carbonyl (C=O) groups excluding carboxylic acids is 2. The first kappa shape index (κ1) is 32.8. The molecule has 6 rings (SSSR count). The lowest BCUT2D eigenvalue weighted by molar-refractivity contribution is -0.126. The predicted molar refractivity (Wildman–Crippen MR) is 167 cm³/mol. The maximum atomic E-state index is 14.2. The highest BCUT2D eigenvalue weighted by Crippen LogP contribution is 2.31. The van der Waals surface area contributed by atoms with Crippen LogP contribution in [0.1, 0.15) is 65.1 Å². The number of benzene rings is 1. The number of likely N-dealkylation sites (tertiary alicyclic amines) is 1. The number of rotatable bonds is 7. The second-order valence-corrected chi connectivity index (χ2v) is 13.2. The van der Waals surface area contributed by atoms with Gasteiger partial charge in [-0.2, -0.15) is 9.97 Å². The molecule has 2 atom stereocenters. The largest absolute Gasteiger partial charge is 0.474 e. The van der Waals surface area contributed by atoms with Gasteiger partial charge < -0.3 is 29.5 Å². The van der Waals surface area contributed by atoms with Crippen molar-refractivity contribution < 1.29 is 37.7 Å². The molecule has 1 saturated carbocycles. The van der Waals surface area contributed by atoms with Crippen LogP contribution in [0.3, 0.4) is 0 Å². The molecule has 2 aromatic heterocycles. The highest BCUT2D eigenvalue weighted by molar-refractivity contribution is 5.86. The van der Waals surface area contributed by atoms with Gasteiger partial charge in [-0.05, 0) is 58.6 Å². The van der Waals surface area contributed by atoms with E-state index in [0.717, 1.165) is 0 Å². The van der Waals surface area contributed by atoms with Crippen molar-refractivity contribution in [3.05, 3.63) is 36.2 Å². The molecule has 2 aliphatic heterocycles. The molecule has 2 saturated heterocycles. The third-order valence-electron chi connectivity index (χ3n) is 8.50. The lowest BCUT2D eigenvalue weighted by Gasteiger charge is -2.32. The first-order chi connectivity index (χ1) is 22.4. The maximum absolute atomic E-state index is 14.2. The van der Waals surface area contributed by atoms with E-state index in [4.69, 9.17) is 14.2 Å². The summed E-state index contributed by atoms with van der Waals surface area (Å²) in [5.74, 6) is 0.104. The number of para-hydroxylation sites is 2. The monoisotopic (exact) mass is 657 g/mol. The van der Waals surface area contributed by atoms with Crippen LogP contribution in [0.15, 0.2) is 30.3 Å². The number of hydrogen-bond donors (Lipinski definition) is 2. The Bertz CT molecular complexity index is 1580. The molecule has 13 nitrogen and oxygen atoms in total. The SMILES string of the molecule is CC(C)(C)OC(=O)N1C[C@H](O)C[C@H]1C(=O)NC1CCC(Oc2cc(-n3c(C(F)F)nc4ccccc43)nc(N3CCOCC3)n2)CC1. The summed E-state index contributed by atoms with van der Waals surface area (Å²) >= 11 is 0. The quantitative estimate of drug-likeness (QED) is 0.385. The van der Waals surface area contributed by atoms with E-state index in [9.17, 15) is 23.5 Å². The second kappa shape index (κ2) is 13.6. The van der Waals surface area contributed by atoms with Crippen molar-refractivity contribution in [3.8, 4) is 11.7 Å². The molecule has 3 aromatic rings. The van der Waals surface area contributed by atoms with Crippen LogP contribution in [0.2, 0.25) is 0 Å². The summed E-state index contributed by atoms with van der Waals surface area (Å²) in [7, 11) is 0. The number of imidazole rings is 1. The third-order valence-corrected chi connectivity index (χ3v) is 8.50. The van der Waals surface area contributed by atoms with Crippen LogP contribution >= 0.6 is 0 Å². The number of aliphatic hydroxyl groups excluding tert-OH is 1. The Morgan fingerprint density at radius 3 is 2.49 bits per heavy atom. The molecule has 2 N–H and O–H groups in total. The van der Waals surface area contributed by atoms with Crippen molar-refractivity contribution in [2.24, 2.45) is 0 Å². The number of nitrogens with one attached hydrogen (secondary N) is 1. The van der Waals surface area contributed by atoms with Gasteiger partial charge in [0.25, 0.3) is 6.43 Å². The van der Waals surface area contributed by atoms with E-state index in [0.29, 0.717) is 69.0 Å². The number of morpholine rings is 1. The molecule has 0 radical (unpaired) electrons. The van der Waals surface area contributed by atoms with Crippen LogP contribution in [0.4, 0.5) is 19.5 Å². The molecule has 4 heterocycles. The van der Waals surface area contributed by atoms with Crippen molar-refractivity contribution >= 4 is 29.0 Å². The molecule has 0 unspecified atom stereocenters. The Hall–Kier alpha value is -4.11. The van der Waals surface area contributed by atoms with E-state index in [2.05, 4.69) is 20.3 Å². The Morgan fingerprint density at radius 2 is 1.79 bits per heavy atom. The standard InChI is InChI=1S/C32H41F2N7O6/c1-32(2,3)47-31(44)40-18-20(42)16-24(40)29(43)35-19-8-10-21(11-9-19)46-26-17-25(37-30(38-26)39-12-14-45-15-13-39)41-23-7-5-4-6-22(23)36-28(41)27(33)34/h4-7,17,19-21,24,27,42H,8-16,18H2,1-3H3,(H,35,43)/t19?,20-,21?,24+/m1/s1. The van der Waals surface area contributed by atoms with Gasteiger partial charge in [0.15, 0.2) is 5.82 Å². The van der Waals surface area contributed by atoms with Crippen molar-refractivity contribution in [1.29, 1.82) is 0 Å². The van der Waals surface area contributed by atoms with Crippen molar-refractivity contribution in [2.75, 3.05) is 37.7 Å². The lowest BCUT2D eigenvalue weighted by atomic mass is 9.92. The van der Waals surface area contributed by atoms with Gasteiger partial charge in [0, 0.05) is 31.6 Å². The zero-order chi connectivity index (χ0) is 33.3. The van der Waals surface area contributed by atoms with E-state index < -0.39 is 36.1 Å². The van der Waals surface area contributed by atoms with Crippen molar-refractivity contribution in [1.82, 2.24) is 29.7 Å². The number of fused-ring (bicyclic) bond motifs is 1. The molecular weight excluding hydrogens is 616 g/mol. The molecule has 3 fully saturated rings. The van der Waals surface area contributed by atoms with Gasteiger partial charge in [-0.15, -0.1) is 0 Å². The predicted octanol–water partition coefficient (Wildman–Crippen LogP) is 3.77. The van der Waals surface area contributed by atoms with Gasteiger partial charge in [0.2, 0.25) is 17.7 Å². The van der Waals surface area contributed by atoms with Crippen LogP contribution in [0, 0.1) is 0 Å². The molecule has 15 heteroatoms. The van der Waals surface area contributed by atoms with Crippen LogP contribution in [-0.2, 0) is 14.3 Å². The molecule has 0 spiro atoms. The van der Waals surface area contributed by atoms with E-state index in [1.807, 2.05) is 4.90 Å². The minimum Gasteiger partial charge on any atom is -0.474 e. The van der Waals surface area contributed by atoms with E-state index >= 15 is 0 Å². The van der Waals surface area contributed by atoms with Gasteiger partial charge in [-0.25, -0.2) is 18.6 Å². The summed E-state index contributed by atoms with van der Waals surface area (Å²) in [4.78, 5) is 42.7. The number of aliphatic hydroxyl groups is 1. The topological polar surface area (TPSA) is 144 Å². The molecule has 1 aliphatic carbocycles. The number of amides is 2. The Kier molecular flexibility index (Phi) is 9.46. The van der Waals surface area contributed by atoms with Crippen LogP contribution in [-0.4, -0.2) is 104 Å². The summed E-state index contributed by atoms with van der Waals surface area (Å²) in [6.07, 6.45) is -1.90. The first-order valence-corrected chi connectivity index (χ1v) is 16.1. The maximum Gasteiger partial charge on any atom is 0.411 e. The molecule has 47 heavy (non-hydrogen) atoms. The Balaban J connectivity index is 1.15. The summed E-state index contributed by atoms with van der Waals surface area (Å²) < 4.78 is 47.0. The summed E-state index contributed by atoms with van der Waals surface area (Å²) in [6, 6.07) is 7.52. The van der Waals surface area contributed by atoms with Crippen LogP contribution in [0.25, 0.3) is 16.9 Å².